The van der Waals surface area contributed by atoms with Gasteiger partial charge >= 0.3 is 6.18 Å². The number of benzene rings is 2. The maximum atomic E-state index is 12.5. The summed E-state index contributed by atoms with van der Waals surface area (Å²) in [4.78, 5) is 12.5. The topological polar surface area (TPSA) is 65.4 Å². The van der Waals surface area contributed by atoms with Crippen molar-refractivity contribution in [1.29, 1.82) is 0 Å². The third-order valence-electron chi connectivity index (χ3n) is 3.77. The smallest absolute Gasteiger partial charge is 0.411 e. The van der Waals surface area contributed by atoms with Crippen LogP contribution in [0.5, 0.6) is 5.75 Å². The van der Waals surface area contributed by atoms with Crippen LogP contribution in [-0.4, -0.2) is 28.5 Å². The van der Waals surface area contributed by atoms with Crippen molar-refractivity contribution in [2.75, 3.05) is 11.9 Å². The molecule has 0 unspecified atom stereocenters. The first-order valence-corrected chi connectivity index (χ1v) is 9.12. The second-order valence-corrected chi connectivity index (χ2v) is 6.70. The van der Waals surface area contributed by atoms with Gasteiger partial charge in [-0.05, 0) is 35.9 Å². The number of hydrogen-bond donors (Lipinski definition) is 1. The Labute approximate surface area is 175 Å². The highest BCUT2D eigenvalue weighted by Gasteiger charge is 2.27. The molecule has 10 heteroatoms. The molecular formula is C20H17ClF3N3O3. The number of aromatic nitrogens is 2. The van der Waals surface area contributed by atoms with Gasteiger partial charge in [-0.2, -0.15) is 18.3 Å². The molecule has 0 fully saturated rings. The Hall–Kier alpha value is -3.04. The molecule has 0 atom stereocenters. The van der Waals surface area contributed by atoms with Crippen LogP contribution in [0.4, 0.5) is 18.9 Å². The monoisotopic (exact) mass is 439 g/mol. The number of nitrogens with one attached hydrogen (secondary N) is 1. The number of halogens is 4. The Morgan fingerprint density at radius 2 is 1.97 bits per heavy atom. The molecule has 0 aliphatic carbocycles. The number of carbonyl (C=O) groups is 1. The summed E-state index contributed by atoms with van der Waals surface area (Å²) < 4.78 is 47.6. The third-order valence-corrected chi connectivity index (χ3v) is 4.01. The minimum atomic E-state index is -4.41. The largest absolute Gasteiger partial charge is 0.489 e. The molecule has 1 N–H and O–H groups in total. The molecule has 2 aromatic carbocycles. The number of amides is 1. The van der Waals surface area contributed by atoms with E-state index in [4.69, 9.17) is 16.3 Å². The van der Waals surface area contributed by atoms with Crippen LogP contribution in [0.15, 0.2) is 60.9 Å². The zero-order chi connectivity index (χ0) is 21.6. The highest BCUT2D eigenvalue weighted by molar-refractivity contribution is 6.30. The average Bonchev–Trinajstić information content (AvgIpc) is 3.13. The van der Waals surface area contributed by atoms with Crippen LogP contribution in [0.25, 0.3) is 0 Å². The van der Waals surface area contributed by atoms with E-state index in [-0.39, 0.29) is 13.3 Å². The normalized spacial score (nSPS) is 11.3. The lowest BCUT2D eigenvalue weighted by Crippen LogP contribution is -2.18. The van der Waals surface area contributed by atoms with Crippen LogP contribution in [0.2, 0.25) is 5.02 Å². The Kier molecular flexibility index (Phi) is 6.96. The van der Waals surface area contributed by atoms with E-state index in [1.807, 2.05) is 6.07 Å². The molecule has 0 radical (unpaired) electrons. The molecule has 0 spiro atoms. The molecule has 1 amide bonds. The summed E-state index contributed by atoms with van der Waals surface area (Å²) in [5.41, 5.74) is 1.50. The molecule has 0 saturated carbocycles. The van der Waals surface area contributed by atoms with Gasteiger partial charge in [0.05, 0.1) is 18.1 Å². The van der Waals surface area contributed by atoms with E-state index in [9.17, 15) is 18.0 Å². The van der Waals surface area contributed by atoms with Crippen molar-refractivity contribution < 1.29 is 27.4 Å². The highest BCUT2D eigenvalue weighted by atomic mass is 35.5. The standard InChI is InChI=1S/C20H17ClF3N3O3/c21-16-5-2-6-18(8-16)30-11-14-3-1-4-15(7-14)19(28)26-17-9-25-27(10-17)13-29-12-20(22,23)24/h1-10H,11-13H2,(H,26,28). The molecule has 1 aromatic heterocycles. The maximum Gasteiger partial charge on any atom is 0.411 e. The molecule has 3 rings (SSSR count). The summed E-state index contributed by atoms with van der Waals surface area (Å²) in [6.45, 7) is -1.51. The van der Waals surface area contributed by atoms with Crippen LogP contribution >= 0.6 is 11.6 Å². The van der Waals surface area contributed by atoms with E-state index in [0.717, 1.165) is 10.2 Å². The predicted octanol–water partition coefficient (Wildman–Crippen LogP) is 4.90. The lowest BCUT2D eigenvalue weighted by atomic mass is 10.1. The summed E-state index contributed by atoms with van der Waals surface area (Å²) in [6.07, 6.45) is -1.72. The summed E-state index contributed by atoms with van der Waals surface area (Å²) in [5, 5.41) is 7.04. The Bertz CT molecular complexity index is 1010. The Morgan fingerprint density at radius 1 is 1.17 bits per heavy atom. The molecule has 1 heterocycles. The second kappa shape index (κ2) is 9.64. The molecule has 6 nitrogen and oxygen atoms in total. The van der Waals surface area contributed by atoms with Gasteiger partial charge in [0.25, 0.3) is 5.91 Å². The van der Waals surface area contributed by atoms with Gasteiger partial charge in [-0.15, -0.1) is 0 Å². The Balaban J connectivity index is 1.55. The van der Waals surface area contributed by atoms with Crippen LogP contribution in [-0.2, 0) is 18.1 Å². The molecule has 0 bridgehead atoms. The van der Waals surface area contributed by atoms with E-state index in [1.165, 1.54) is 12.4 Å². The lowest BCUT2D eigenvalue weighted by molar-refractivity contribution is -0.182. The van der Waals surface area contributed by atoms with Crippen molar-refractivity contribution in [3.8, 4) is 5.75 Å². The zero-order valence-electron chi connectivity index (χ0n) is 15.5. The molecule has 30 heavy (non-hydrogen) atoms. The molecule has 3 aromatic rings. The van der Waals surface area contributed by atoms with Gasteiger partial charge in [0, 0.05) is 10.6 Å². The van der Waals surface area contributed by atoms with Crippen molar-refractivity contribution >= 4 is 23.2 Å². The molecule has 0 aliphatic rings. The quantitative estimate of drug-likeness (QED) is 0.542. The molecular weight excluding hydrogens is 423 g/mol. The predicted molar refractivity (Wildman–Crippen MR) is 104 cm³/mol. The first kappa shape index (κ1) is 21.7. The fraction of sp³-hybridized carbons (Fsp3) is 0.200. The minimum Gasteiger partial charge on any atom is -0.489 e. The fourth-order valence-electron chi connectivity index (χ4n) is 2.48. The van der Waals surface area contributed by atoms with Gasteiger partial charge < -0.3 is 14.8 Å². The molecule has 0 aliphatic heterocycles. The van der Waals surface area contributed by atoms with E-state index in [0.29, 0.717) is 22.0 Å². The summed E-state index contributed by atoms with van der Waals surface area (Å²) >= 11 is 5.92. The van der Waals surface area contributed by atoms with Crippen LogP contribution in [0.1, 0.15) is 15.9 Å². The van der Waals surface area contributed by atoms with Gasteiger partial charge in [0.1, 0.15) is 25.7 Å². The molecule has 0 saturated heterocycles. The Morgan fingerprint density at radius 3 is 2.73 bits per heavy atom. The first-order chi connectivity index (χ1) is 14.3. The zero-order valence-corrected chi connectivity index (χ0v) is 16.3. The second-order valence-electron chi connectivity index (χ2n) is 6.26. The number of alkyl halides is 3. The third kappa shape index (κ3) is 6.78. The van der Waals surface area contributed by atoms with Crippen molar-refractivity contribution in [1.82, 2.24) is 9.78 Å². The van der Waals surface area contributed by atoms with Gasteiger partial charge in [0.2, 0.25) is 0 Å². The number of carbonyl (C=O) groups excluding carboxylic acids is 1. The number of nitrogens with zero attached hydrogens (tertiary/aromatic N) is 2. The van der Waals surface area contributed by atoms with Gasteiger partial charge in [-0.3, -0.25) is 4.79 Å². The van der Waals surface area contributed by atoms with E-state index in [1.54, 1.807) is 42.5 Å². The lowest BCUT2D eigenvalue weighted by Gasteiger charge is -2.08. The van der Waals surface area contributed by atoms with E-state index in [2.05, 4.69) is 15.2 Å². The summed E-state index contributed by atoms with van der Waals surface area (Å²) in [5.74, 6) is 0.216. The van der Waals surface area contributed by atoms with Crippen molar-refractivity contribution in [3.63, 3.8) is 0 Å². The van der Waals surface area contributed by atoms with Crippen molar-refractivity contribution in [2.45, 2.75) is 19.5 Å². The van der Waals surface area contributed by atoms with Crippen LogP contribution in [0.3, 0.4) is 0 Å². The average molecular weight is 440 g/mol. The molecule has 158 valence electrons. The van der Waals surface area contributed by atoms with Crippen LogP contribution < -0.4 is 10.1 Å². The summed E-state index contributed by atoms with van der Waals surface area (Å²) in [7, 11) is 0. The maximum absolute atomic E-state index is 12.5. The van der Waals surface area contributed by atoms with Gasteiger partial charge in [-0.1, -0.05) is 29.8 Å². The van der Waals surface area contributed by atoms with Crippen LogP contribution in [0, 0.1) is 0 Å². The van der Waals surface area contributed by atoms with Crippen molar-refractivity contribution in [3.05, 3.63) is 77.1 Å². The number of ether oxygens (including phenoxy) is 2. The number of anilines is 1. The number of hydrogen-bond acceptors (Lipinski definition) is 4. The van der Waals surface area contributed by atoms with Gasteiger partial charge in [0.15, 0.2) is 0 Å². The van der Waals surface area contributed by atoms with E-state index >= 15 is 0 Å². The SMILES string of the molecule is O=C(Nc1cnn(COCC(F)(F)F)c1)c1cccc(COc2cccc(Cl)c2)c1. The first-order valence-electron chi connectivity index (χ1n) is 8.74. The number of rotatable bonds is 8. The summed E-state index contributed by atoms with van der Waals surface area (Å²) in [6, 6.07) is 13.8. The fourth-order valence-corrected chi connectivity index (χ4v) is 2.66. The minimum absolute atomic E-state index is 0.246. The van der Waals surface area contributed by atoms with Crippen molar-refractivity contribution in [2.24, 2.45) is 0 Å². The van der Waals surface area contributed by atoms with Gasteiger partial charge in [-0.25, -0.2) is 4.68 Å². The van der Waals surface area contributed by atoms with E-state index < -0.39 is 18.7 Å². The highest BCUT2D eigenvalue weighted by Crippen LogP contribution is 2.19.